The number of fused-ring (bicyclic) bond motifs is 1. The summed E-state index contributed by atoms with van der Waals surface area (Å²) in [6.45, 7) is 2.97. The van der Waals surface area contributed by atoms with Crippen LogP contribution < -0.4 is 4.31 Å². The largest absolute Gasteiger partial charge is 0.433 e. The molecule has 124 valence electrons. The number of carbonyl (C=O) groups is 2. The van der Waals surface area contributed by atoms with Crippen molar-refractivity contribution in [2.24, 2.45) is 0 Å². The highest BCUT2D eigenvalue weighted by molar-refractivity contribution is 7.93. The van der Waals surface area contributed by atoms with Gasteiger partial charge in [0, 0.05) is 12.5 Å². The van der Waals surface area contributed by atoms with E-state index in [2.05, 4.69) is 0 Å². The summed E-state index contributed by atoms with van der Waals surface area (Å²) >= 11 is 0. The predicted octanol–water partition coefficient (Wildman–Crippen LogP) is 2.28. The summed E-state index contributed by atoms with van der Waals surface area (Å²) in [5.41, 5.74) is 1.32. The van der Waals surface area contributed by atoms with Gasteiger partial charge < -0.3 is 4.74 Å². The number of hydrogen-bond donors (Lipinski definition) is 0. The maximum Gasteiger partial charge on any atom is 0.304 e. The molecule has 0 spiro atoms. The molecule has 0 radical (unpaired) electrons. The molecule has 24 heavy (non-hydrogen) atoms. The molecule has 1 atom stereocenters. The number of anilines is 1. The normalized spacial score (nSPS) is 16.8. The van der Waals surface area contributed by atoms with Crippen molar-refractivity contribution >= 4 is 27.5 Å². The van der Waals surface area contributed by atoms with Crippen LogP contribution in [-0.2, 0) is 19.6 Å². The van der Waals surface area contributed by atoms with E-state index < -0.39 is 28.0 Å². The van der Waals surface area contributed by atoms with E-state index in [0.29, 0.717) is 0 Å². The number of hydrogen-bond acceptors (Lipinski definition) is 5. The molecule has 0 bridgehead atoms. The molecule has 2 aromatic carbocycles. The van der Waals surface area contributed by atoms with Gasteiger partial charge in [-0.1, -0.05) is 29.8 Å². The van der Waals surface area contributed by atoms with Gasteiger partial charge in [-0.3, -0.25) is 9.59 Å². The molecule has 1 aliphatic heterocycles. The lowest BCUT2D eigenvalue weighted by Crippen LogP contribution is -2.42. The number of carbonyl (C=O) groups excluding carboxylic acids is 2. The second-order valence-corrected chi connectivity index (χ2v) is 7.27. The van der Waals surface area contributed by atoms with Crippen molar-refractivity contribution in [3.05, 3.63) is 59.7 Å². The lowest BCUT2D eigenvalue weighted by molar-refractivity contribution is -0.143. The van der Waals surface area contributed by atoms with Crippen LogP contribution in [0.1, 0.15) is 22.8 Å². The Morgan fingerprint density at radius 2 is 1.71 bits per heavy atom. The zero-order valence-corrected chi connectivity index (χ0v) is 13.9. The van der Waals surface area contributed by atoms with Crippen molar-refractivity contribution in [2.45, 2.75) is 25.0 Å². The Morgan fingerprint density at radius 3 is 2.33 bits per heavy atom. The van der Waals surface area contributed by atoms with Gasteiger partial charge in [-0.05, 0) is 31.2 Å². The Balaban J connectivity index is 2.16. The molecule has 0 N–H and O–H groups in total. The van der Waals surface area contributed by atoms with Crippen LogP contribution in [0.15, 0.2) is 53.4 Å². The summed E-state index contributed by atoms with van der Waals surface area (Å²) in [7, 11) is -4.06. The number of aryl methyl sites for hydroxylation is 1. The monoisotopic (exact) mass is 345 g/mol. The van der Waals surface area contributed by atoms with Crippen LogP contribution in [0.3, 0.4) is 0 Å². The minimum atomic E-state index is -4.06. The molecule has 2 aromatic rings. The van der Waals surface area contributed by atoms with Gasteiger partial charge in [0.05, 0.1) is 10.6 Å². The van der Waals surface area contributed by atoms with Gasteiger partial charge in [0.2, 0.25) is 5.78 Å². The van der Waals surface area contributed by atoms with E-state index in [9.17, 15) is 18.0 Å². The van der Waals surface area contributed by atoms with Crippen molar-refractivity contribution in [1.29, 1.82) is 0 Å². The molecule has 0 aromatic heterocycles. The highest BCUT2D eigenvalue weighted by Crippen LogP contribution is 2.37. The van der Waals surface area contributed by atoms with Gasteiger partial charge in [0.1, 0.15) is 0 Å². The van der Waals surface area contributed by atoms with Crippen molar-refractivity contribution in [1.82, 2.24) is 0 Å². The summed E-state index contributed by atoms with van der Waals surface area (Å²) < 4.78 is 31.9. The number of esters is 1. The summed E-state index contributed by atoms with van der Waals surface area (Å²) in [4.78, 5) is 23.9. The lowest BCUT2D eigenvalue weighted by Gasteiger charge is -2.25. The Morgan fingerprint density at radius 1 is 1.08 bits per heavy atom. The number of Topliss-reactive ketones (excluding diaryl/α,β-unsaturated/α-hetero) is 1. The van der Waals surface area contributed by atoms with Crippen LogP contribution >= 0.6 is 0 Å². The number of ether oxygens (including phenoxy) is 1. The summed E-state index contributed by atoms with van der Waals surface area (Å²) in [5.74, 6) is -1.29. The summed E-state index contributed by atoms with van der Waals surface area (Å²) in [6, 6.07) is 12.5. The zero-order chi connectivity index (χ0) is 17.5. The fourth-order valence-electron chi connectivity index (χ4n) is 2.58. The highest BCUT2D eigenvalue weighted by atomic mass is 32.2. The number of nitrogens with zero attached hydrogens (tertiary/aromatic N) is 1. The number of rotatable bonds is 3. The first kappa shape index (κ1) is 16.2. The number of para-hydroxylation sites is 1. The van der Waals surface area contributed by atoms with E-state index in [0.717, 1.165) is 16.8 Å². The second-order valence-electron chi connectivity index (χ2n) is 5.46. The van der Waals surface area contributed by atoms with Crippen LogP contribution in [0.25, 0.3) is 0 Å². The standard InChI is InChI=1S/C17H15NO5S/c1-11-7-9-13(10-8-11)24(21,22)18-15-6-4-3-5-14(15)16(20)17(18)23-12(2)19/h3-10,17H,1-2H3. The summed E-state index contributed by atoms with van der Waals surface area (Å²) in [6.07, 6.45) is -1.52. The number of benzene rings is 2. The average molecular weight is 345 g/mol. The van der Waals surface area contributed by atoms with Crippen molar-refractivity contribution in [3.8, 4) is 0 Å². The predicted molar refractivity (Wildman–Crippen MR) is 87.2 cm³/mol. The van der Waals surface area contributed by atoms with E-state index in [1.165, 1.54) is 24.3 Å². The molecule has 0 saturated heterocycles. The Bertz CT molecular complexity index is 918. The Labute approximate surface area is 139 Å². The molecule has 6 nitrogen and oxygen atoms in total. The Hall–Kier alpha value is -2.67. The maximum atomic E-state index is 13.0. The van der Waals surface area contributed by atoms with Gasteiger partial charge in [0.25, 0.3) is 16.3 Å². The molecule has 7 heteroatoms. The molecule has 1 heterocycles. The van der Waals surface area contributed by atoms with Crippen LogP contribution in [0.4, 0.5) is 5.69 Å². The van der Waals surface area contributed by atoms with E-state index in [1.807, 2.05) is 6.92 Å². The number of ketones is 1. The first-order valence-corrected chi connectivity index (χ1v) is 8.68. The molecule has 0 aliphatic carbocycles. The molecule has 0 saturated carbocycles. The first-order valence-electron chi connectivity index (χ1n) is 7.24. The van der Waals surface area contributed by atoms with Crippen molar-refractivity contribution < 1.29 is 22.7 Å². The van der Waals surface area contributed by atoms with E-state index in [-0.39, 0.29) is 16.1 Å². The molecular formula is C17H15NO5S. The van der Waals surface area contributed by atoms with Crippen molar-refractivity contribution in [2.75, 3.05) is 4.31 Å². The molecule has 0 fully saturated rings. The molecule has 1 aliphatic rings. The van der Waals surface area contributed by atoms with E-state index in [4.69, 9.17) is 4.74 Å². The summed E-state index contributed by atoms with van der Waals surface area (Å²) in [5, 5.41) is 0. The van der Waals surface area contributed by atoms with Gasteiger partial charge >= 0.3 is 5.97 Å². The smallest absolute Gasteiger partial charge is 0.304 e. The van der Waals surface area contributed by atoms with Gasteiger partial charge in [-0.2, -0.15) is 0 Å². The van der Waals surface area contributed by atoms with Crippen LogP contribution in [0.2, 0.25) is 0 Å². The fraction of sp³-hybridized carbons (Fsp3) is 0.176. The third-order valence-corrected chi connectivity index (χ3v) is 5.47. The lowest BCUT2D eigenvalue weighted by atomic mass is 10.1. The van der Waals surface area contributed by atoms with Crippen LogP contribution in [-0.4, -0.2) is 26.4 Å². The third-order valence-electron chi connectivity index (χ3n) is 3.70. The second kappa shape index (κ2) is 5.76. The van der Waals surface area contributed by atoms with Crippen LogP contribution in [0.5, 0.6) is 0 Å². The van der Waals surface area contributed by atoms with Crippen molar-refractivity contribution in [3.63, 3.8) is 0 Å². The Kier molecular flexibility index (Phi) is 3.88. The molecular weight excluding hydrogens is 330 g/mol. The van der Waals surface area contributed by atoms with E-state index in [1.54, 1.807) is 24.3 Å². The fourth-order valence-corrected chi connectivity index (χ4v) is 4.09. The van der Waals surface area contributed by atoms with Gasteiger partial charge in [0.15, 0.2) is 0 Å². The minimum absolute atomic E-state index is 0.0229. The quantitative estimate of drug-likeness (QED) is 0.797. The first-order chi connectivity index (χ1) is 11.3. The molecule has 3 rings (SSSR count). The minimum Gasteiger partial charge on any atom is -0.433 e. The van der Waals surface area contributed by atoms with Gasteiger partial charge in [-0.15, -0.1) is 0 Å². The molecule has 0 amide bonds. The molecule has 1 unspecified atom stereocenters. The van der Waals surface area contributed by atoms with Crippen LogP contribution in [0, 0.1) is 6.92 Å². The highest BCUT2D eigenvalue weighted by Gasteiger charge is 2.46. The topological polar surface area (TPSA) is 80.8 Å². The average Bonchev–Trinajstić information content (AvgIpc) is 2.81. The van der Waals surface area contributed by atoms with Gasteiger partial charge in [-0.25, -0.2) is 12.7 Å². The third kappa shape index (κ3) is 2.56. The van der Waals surface area contributed by atoms with E-state index >= 15 is 0 Å². The maximum absolute atomic E-state index is 13.0. The zero-order valence-electron chi connectivity index (χ0n) is 13.1. The SMILES string of the molecule is CC(=O)OC1C(=O)c2ccccc2N1S(=O)(=O)c1ccc(C)cc1. The number of sulfonamides is 1.